The van der Waals surface area contributed by atoms with Crippen LogP contribution in [0, 0.1) is 19.7 Å². The summed E-state index contributed by atoms with van der Waals surface area (Å²) in [7, 11) is 1.40. The molecular weight excluding hydrogens is 335 g/mol. The molecule has 0 saturated carbocycles. The number of hydrogen-bond donors (Lipinski definition) is 1. The van der Waals surface area contributed by atoms with E-state index in [0.717, 1.165) is 11.4 Å². The van der Waals surface area contributed by atoms with E-state index in [1.165, 1.54) is 19.2 Å². The van der Waals surface area contributed by atoms with E-state index in [9.17, 15) is 9.18 Å². The predicted octanol–water partition coefficient (Wildman–Crippen LogP) is 3.21. The first-order chi connectivity index (χ1) is 12.5. The summed E-state index contributed by atoms with van der Waals surface area (Å²) in [6.07, 6.45) is 1.62. The van der Waals surface area contributed by atoms with Gasteiger partial charge in [0.05, 0.1) is 31.1 Å². The maximum atomic E-state index is 13.7. The molecule has 1 aromatic carbocycles. The van der Waals surface area contributed by atoms with Gasteiger partial charge in [-0.05, 0) is 49.7 Å². The van der Waals surface area contributed by atoms with Gasteiger partial charge in [0.15, 0.2) is 17.4 Å². The Morgan fingerprint density at radius 3 is 2.62 bits per heavy atom. The van der Waals surface area contributed by atoms with E-state index in [-0.39, 0.29) is 18.1 Å². The molecule has 2 aromatic heterocycles. The molecule has 1 amide bonds. The van der Waals surface area contributed by atoms with Gasteiger partial charge in [-0.25, -0.2) is 14.1 Å². The number of rotatable bonds is 5. The van der Waals surface area contributed by atoms with E-state index >= 15 is 0 Å². The average Bonchev–Trinajstić information content (AvgIpc) is 2.94. The monoisotopic (exact) mass is 354 g/mol. The van der Waals surface area contributed by atoms with Crippen molar-refractivity contribution in [2.45, 2.75) is 20.3 Å². The normalized spacial score (nSPS) is 10.6. The Morgan fingerprint density at radius 1 is 1.23 bits per heavy atom. The molecule has 3 aromatic rings. The highest BCUT2D eigenvalue weighted by Crippen LogP contribution is 2.18. The number of halogens is 1. The van der Waals surface area contributed by atoms with Crippen LogP contribution in [-0.2, 0) is 11.2 Å². The number of aryl methyl sites for hydroxylation is 2. The third-order valence-corrected chi connectivity index (χ3v) is 3.84. The predicted molar refractivity (Wildman–Crippen MR) is 96.1 cm³/mol. The number of methoxy groups -OCH3 is 1. The lowest BCUT2D eigenvalue weighted by Gasteiger charge is -2.08. The highest BCUT2D eigenvalue weighted by atomic mass is 19.1. The summed E-state index contributed by atoms with van der Waals surface area (Å²) in [6.45, 7) is 3.87. The molecule has 0 saturated heterocycles. The lowest BCUT2D eigenvalue weighted by Crippen LogP contribution is -2.15. The van der Waals surface area contributed by atoms with Crippen LogP contribution in [0.1, 0.15) is 17.0 Å². The van der Waals surface area contributed by atoms with Crippen molar-refractivity contribution in [3.63, 3.8) is 0 Å². The zero-order valence-electron chi connectivity index (χ0n) is 14.8. The molecule has 6 nitrogen and oxygen atoms in total. The molecule has 0 fully saturated rings. The minimum absolute atomic E-state index is 0.0557. The smallest absolute Gasteiger partial charge is 0.228 e. The van der Waals surface area contributed by atoms with E-state index in [2.05, 4.69) is 15.4 Å². The number of nitrogens with one attached hydrogen (secondary N) is 1. The van der Waals surface area contributed by atoms with Crippen molar-refractivity contribution in [2.75, 3.05) is 12.4 Å². The van der Waals surface area contributed by atoms with Gasteiger partial charge in [-0.3, -0.25) is 4.79 Å². The van der Waals surface area contributed by atoms with Crippen LogP contribution < -0.4 is 10.1 Å². The molecule has 0 radical (unpaired) electrons. The van der Waals surface area contributed by atoms with Gasteiger partial charge in [-0.2, -0.15) is 5.10 Å². The van der Waals surface area contributed by atoms with Gasteiger partial charge in [0.1, 0.15) is 0 Å². The molecule has 26 heavy (non-hydrogen) atoms. The number of carbonyl (C=O) groups is 1. The second-order valence-corrected chi connectivity index (χ2v) is 5.94. The largest absolute Gasteiger partial charge is 0.494 e. The Labute approximate surface area is 150 Å². The van der Waals surface area contributed by atoms with Crippen molar-refractivity contribution in [1.82, 2.24) is 14.8 Å². The van der Waals surface area contributed by atoms with Crippen molar-refractivity contribution in [3.8, 4) is 11.6 Å². The van der Waals surface area contributed by atoms with E-state index in [1.54, 1.807) is 29.1 Å². The van der Waals surface area contributed by atoms with E-state index in [0.29, 0.717) is 17.1 Å². The molecule has 0 spiro atoms. The number of carbonyl (C=O) groups excluding carboxylic acids is 1. The Morgan fingerprint density at radius 2 is 2.04 bits per heavy atom. The number of benzene rings is 1. The standard InChI is InChI=1S/C19H19FN4O2/c1-12-8-13(2)24(23-12)18-7-5-15(11-21-18)22-19(25)10-14-4-6-17(26-3)16(20)9-14/h4-9,11H,10H2,1-3H3,(H,22,25). The molecule has 3 rings (SSSR count). The van der Waals surface area contributed by atoms with Crippen LogP contribution in [0.2, 0.25) is 0 Å². The maximum absolute atomic E-state index is 13.7. The number of pyridine rings is 1. The van der Waals surface area contributed by atoms with Gasteiger partial charge in [-0.1, -0.05) is 6.07 Å². The second-order valence-electron chi connectivity index (χ2n) is 5.94. The van der Waals surface area contributed by atoms with E-state index in [4.69, 9.17) is 4.74 Å². The Hall–Kier alpha value is -3.22. The molecule has 134 valence electrons. The SMILES string of the molecule is COc1ccc(CC(=O)Nc2ccc(-n3nc(C)cc3C)nc2)cc1F. The van der Waals surface area contributed by atoms with Gasteiger partial charge in [-0.15, -0.1) is 0 Å². The minimum Gasteiger partial charge on any atom is -0.494 e. The fourth-order valence-electron chi connectivity index (χ4n) is 2.66. The number of anilines is 1. The molecular formula is C19H19FN4O2. The third-order valence-electron chi connectivity index (χ3n) is 3.84. The summed E-state index contributed by atoms with van der Waals surface area (Å²) < 4.78 is 20.3. The average molecular weight is 354 g/mol. The first-order valence-corrected chi connectivity index (χ1v) is 8.08. The van der Waals surface area contributed by atoms with Crippen LogP contribution in [0.4, 0.5) is 10.1 Å². The summed E-state index contributed by atoms with van der Waals surface area (Å²) in [5, 5.41) is 7.12. The Balaban J connectivity index is 1.66. The number of hydrogen-bond acceptors (Lipinski definition) is 4. The van der Waals surface area contributed by atoms with Crippen LogP contribution in [0.5, 0.6) is 5.75 Å². The Kier molecular flexibility index (Phi) is 4.97. The van der Waals surface area contributed by atoms with E-state index < -0.39 is 5.82 Å². The summed E-state index contributed by atoms with van der Waals surface area (Å²) in [5.74, 6) is 0.0767. The number of aromatic nitrogens is 3. The zero-order valence-corrected chi connectivity index (χ0v) is 14.8. The zero-order chi connectivity index (χ0) is 18.7. The fourth-order valence-corrected chi connectivity index (χ4v) is 2.66. The van der Waals surface area contributed by atoms with E-state index in [1.807, 2.05) is 19.9 Å². The third kappa shape index (κ3) is 3.88. The summed E-state index contributed by atoms with van der Waals surface area (Å²) in [6, 6.07) is 9.95. The molecule has 0 aliphatic rings. The van der Waals surface area contributed by atoms with Crippen molar-refractivity contribution in [1.29, 1.82) is 0 Å². The molecule has 0 aliphatic carbocycles. The number of nitrogens with zero attached hydrogens (tertiary/aromatic N) is 3. The van der Waals surface area contributed by atoms with Gasteiger partial charge >= 0.3 is 0 Å². The number of ether oxygens (including phenoxy) is 1. The van der Waals surface area contributed by atoms with Gasteiger partial charge in [0, 0.05) is 5.69 Å². The molecule has 0 bridgehead atoms. The summed E-state index contributed by atoms with van der Waals surface area (Å²) >= 11 is 0. The highest BCUT2D eigenvalue weighted by molar-refractivity contribution is 5.92. The molecule has 0 atom stereocenters. The summed E-state index contributed by atoms with van der Waals surface area (Å²) in [5.41, 5.74) is 3.02. The van der Waals surface area contributed by atoms with Crippen molar-refractivity contribution < 1.29 is 13.9 Å². The quantitative estimate of drug-likeness (QED) is 0.764. The first-order valence-electron chi connectivity index (χ1n) is 8.08. The lowest BCUT2D eigenvalue weighted by atomic mass is 10.1. The fraction of sp³-hybridized carbons (Fsp3) is 0.211. The van der Waals surface area contributed by atoms with Crippen molar-refractivity contribution in [3.05, 3.63) is 65.4 Å². The topological polar surface area (TPSA) is 69.0 Å². The van der Waals surface area contributed by atoms with Crippen LogP contribution in [-0.4, -0.2) is 27.8 Å². The van der Waals surface area contributed by atoms with Crippen molar-refractivity contribution >= 4 is 11.6 Å². The van der Waals surface area contributed by atoms with Crippen LogP contribution >= 0.6 is 0 Å². The lowest BCUT2D eigenvalue weighted by molar-refractivity contribution is -0.115. The highest BCUT2D eigenvalue weighted by Gasteiger charge is 2.09. The minimum atomic E-state index is -0.492. The van der Waals surface area contributed by atoms with Gasteiger partial charge < -0.3 is 10.1 Å². The molecule has 0 aliphatic heterocycles. The van der Waals surface area contributed by atoms with Crippen LogP contribution in [0.3, 0.4) is 0 Å². The summed E-state index contributed by atoms with van der Waals surface area (Å²) in [4.78, 5) is 16.5. The van der Waals surface area contributed by atoms with Crippen LogP contribution in [0.25, 0.3) is 5.82 Å². The second kappa shape index (κ2) is 7.35. The van der Waals surface area contributed by atoms with Crippen LogP contribution in [0.15, 0.2) is 42.6 Å². The van der Waals surface area contributed by atoms with Crippen molar-refractivity contribution in [2.24, 2.45) is 0 Å². The molecule has 2 heterocycles. The Bertz CT molecular complexity index is 935. The maximum Gasteiger partial charge on any atom is 0.228 e. The van der Waals surface area contributed by atoms with Gasteiger partial charge in [0.25, 0.3) is 0 Å². The number of amides is 1. The molecule has 7 heteroatoms. The van der Waals surface area contributed by atoms with Gasteiger partial charge in [0.2, 0.25) is 5.91 Å². The molecule has 1 N–H and O–H groups in total. The molecule has 0 unspecified atom stereocenters. The first kappa shape index (κ1) is 17.6.